The van der Waals surface area contributed by atoms with Crippen LogP contribution in [0.4, 0.5) is 11.4 Å². The predicted octanol–water partition coefficient (Wildman–Crippen LogP) is 4.71. The quantitative estimate of drug-likeness (QED) is 0.598. The van der Waals surface area contributed by atoms with Crippen LogP contribution in [0.15, 0.2) is 78.9 Å². The largest absolute Gasteiger partial charge is 0.495 e. The summed E-state index contributed by atoms with van der Waals surface area (Å²) >= 11 is 0. The van der Waals surface area contributed by atoms with Gasteiger partial charge in [0.05, 0.1) is 12.8 Å². The number of amides is 1. The Morgan fingerprint density at radius 1 is 0.929 bits per heavy atom. The lowest BCUT2D eigenvalue weighted by molar-refractivity contribution is -0.116. The van der Waals surface area contributed by atoms with Crippen LogP contribution in [0, 0.1) is 0 Å². The van der Waals surface area contributed by atoms with Crippen LogP contribution >= 0.6 is 0 Å². The Hall–Kier alpha value is -3.47. The van der Waals surface area contributed by atoms with Gasteiger partial charge in [0.1, 0.15) is 24.1 Å². The normalized spacial score (nSPS) is 11.4. The zero-order chi connectivity index (χ0) is 19.8. The molecule has 0 saturated carbocycles. The van der Waals surface area contributed by atoms with Crippen molar-refractivity contribution in [2.45, 2.75) is 19.6 Å². The van der Waals surface area contributed by atoms with Gasteiger partial charge in [-0.3, -0.25) is 4.79 Å². The number of methoxy groups -OCH3 is 1. The first-order chi connectivity index (χ1) is 13.7. The maximum absolute atomic E-state index is 12.5. The van der Waals surface area contributed by atoms with Crippen LogP contribution in [-0.4, -0.2) is 19.1 Å². The third-order valence-electron chi connectivity index (χ3n) is 4.24. The molecule has 0 radical (unpaired) electrons. The molecular weight excluding hydrogens is 352 g/mol. The van der Waals surface area contributed by atoms with E-state index < -0.39 is 6.04 Å². The Balaban J connectivity index is 1.53. The van der Waals surface area contributed by atoms with Gasteiger partial charge in [-0.25, -0.2) is 0 Å². The Bertz CT molecular complexity index is 895. The van der Waals surface area contributed by atoms with E-state index in [9.17, 15) is 4.79 Å². The van der Waals surface area contributed by atoms with Gasteiger partial charge < -0.3 is 20.1 Å². The van der Waals surface area contributed by atoms with E-state index in [1.807, 2.05) is 85.8 Å². The Morgan fingerprint density at radius 2 is 1.61 bits per heavy atom. The highest BCUT2D eigenvalue weighted by Gasteiger charge is 2.14. The number of anilines is 2. The SMILES string of the molecule is COc1ccccc1NC(=O)[C@H](C)Nc1ccc(OCc2ccccc2)cc1. The summed E-state index contributed by atoms with van der Waals surface area (Å²) in [5, 5.41) is 6.07. The number of rotatable bonds is 8. The third kappa shape index (κ3) is 5.27. The van der Waals surface area contributed by atoms with Crippen LogP contribution in [0.3, 0.4) is 0 Å². The van der Waals surface area contributed by atoms with Gasteiger partial charge in [0, 0.05) is 5.69 Å². The maximum Gasteiger partial charge on any atom is 0.246 e. The molecule has 5 heteroatoms. The van der Waals surface area contributed by atoms with Crippen LogP contribution in [0.25, 0.3) is 0 Å². The van der Waals surface area contributed by atoms with E-state index in [1.54, 1.807) is 7.11 Å². The van der Waals surface area contributed by atoms with Crippen molar-refractivity contribution in [2.24, 2.45) is 0 Å². The standard InChI is InChI=1S/C23H24N2O3/c1-17(23(26)25-21-10-6-7-11-22(21)27-2)24-19-12-14-20(15-13-19)28-16-18-8-4-3-5-9-18/h3-15,17,24H,16H2,1-2H3,(H,25,26)/t17-/m0/s1. The molecule has 0 unspecified atom stereocenters. The van der Waals surface area contributed by atoms with Crippen molar-refractivity contribution in [3.63, 3.8) is 0 Å². The van der Waals surface area contributed by atoms with Crippen molar-refractivity contribution in [3.8, 4) is 11.5 Å². The topological polar surface area (TPSA) is 59.6 Å². The lowest BCUT2D eigenvalue weighted by atomic mass is 10.2. The number of nitrogens with one attached hydrogen (secondary N) is 2. The number of para-hydroxylation sites is 2. The zero-order valence-corrected chi connectivity index (χ0v) is 16.0. The van der Waals surface area contributed by atoms with Crippen molar-refractivity contribution >= 4 is 17.3 Å². The summed E-state index contributed by atoms with van der Waals surface area (Å²) in [5.41, 5.74) is 2.61. The summed E-state index contributed by atoms with van der Waals surface area (Å²) < 4.78 is 11.0. The molecule has 3 aromatic carbocycles. The third-order valence-corrected chi connectivity index (χ3v) is 4.24. The average molecular weight is 376 g/mol. The minimum atomic E-state index is -0.416. The number of carbonyl (C=O) groups is 1. The van der Waals surface area contributed by atoms with Crippen molar-refractivity contribution < 1.29 is 14.3 Å². The first-order valence-electron chi connectivity index (χ1n) is 9.13. The molecule has 0 aliphatic carbocycles. The van der Waals surface area contributed by atoms with Crippen molar-refractivity contribution in [3.05, 3.63) is 84.4 Å². The van der Waals surface area contributed by atoms with Gasteiger partial charge in [-0.05, 0) is 48.9 Å². The summed E-state index contributed by atoms with van der Waals surface area (Å²) in [5.74, 6) is 1.26. The molecule has 3 aromatic rings. The first-order valence-corrected chi connectivity index (χ1v) is 9.13. The van der Waals surface area contributed by atoms with Crippen molar-refractivity contribution in [1.29, 1.82) is 0 Å². The fourth-order valence-corrected chi connectivity index (χ4v) is 2.69. The number of carbonyl (C=O) groups excluding carboxylic acids is 1. The highest BCUT2D eigenvalue weighted by Crippen LogP contribution is 2.23. The maximum atomic E-state index is 12.5. The number of ether oxygens (including phenoxy) is 2. The molecule has 1 atom stereocenters. The van der Waals surface area contributed by atoms with E-state index in [0.29, 0.717) is 18.0 Å². The summed E-state index contributed by atoms with van der Waals surface area (Å²) in [7, 11) is 1.58. The molecule has 3 rings (SSSR count). The van der Waals surface area contributed by atoms with Gasteiger partial charge >= 0.3 is 0 Å². The summed E-state index contributed by atoms with van der Waals surface area (Å²) in [6, 6.07) is 24.5. The highest BCUT2D eigenvalue weighted by atomic mass is 16.5. The van der Waals surface area contributed by atoms with Gasteiger partial charge in [0.25, 0.3) is 0 Å². The lowest BCUT2D eigenvalue weighted by Gasteiger charge is -2.17. The fourth-order valence-electron chi connectivity index (χ4n) is 2.69. The summed E-state index contributed by atoms with van der Waals surface area (Å²) in [6.07, 6.45) is 0. The summed E-state index contributed by atoms with van der Waals surface area (Å²) in [6.45, 7) is 2.33. The van der Waals surface area contributed by atoms with Crippen LogP contribution in [0.2, 0.25) is 0 Å². The number of hydrogen-bond acceptors (Lipinski definition) is 4. The minimum Gasteiger partial charge on any atom is -0.495 e. The van der Waals surface area contributed by atoms with Crippen LogP contribution in [-0.2, 0) is 11.4 Å². The van der Waals surface area contributed by atoms with Crippen LogP contribution in [0.1, 0.15) is 12.5 Å². The lowest BCUT2D eigenvalue weighted by Crippen LogP contribution is -2.31. The van der Waals surface area contributed by atoms with Gasteiger partial charge in [0.2, 0.25) is 5.91 Å². The van der Waals surface area contributed by atoms with Gasteiger partial charge in [-0.1, -0.05) is 42.5 Å². The second-order valence-electron chi connectivity index (χ2n) is 6.35. The van der Waals surface area contributed by atoms with E-state index in [-0.39, 0.29) is 5.91 Å². The molecule has 0 bridgehead atoms. The molecule has 0 saturated heterocycles. The van der Waals surface area contributed by atoms with Gasteiger partial charge in [0.15, 0.2) is 0 Å². The van der Waals surface area contributed by atoms with Crippen LogP contribution in [0.5, 0.6) is 11.5 Å². The molecule has 0 aliphatic rings. The predicted molar refractivity (Wildman–Crippen MR) is 112 cm³/mol. The van der Waals surface area contributed by atoms with Crippen molar-refractivity contribution in [2.75, 3.05) is 17.7 Å². The molecule has 2 N–H and O–H groups in total. The molecule has 0 fully saturated rings. The molecule has 1 amide bonds. The Labute approximate surface area is 165 Å². The monoisotopic (exact) mass is 376 g/mol. The first kappa shape index (κ1) is 19.3. The van der Waals surface area contributed by atoms with E-state index in [1.165, 1.54) is 0 Å². The molecule has 0 aromatic heterocycles. The minimum absolute atomic E-state index is 0.145. The fraction of sp³-hybridized carbons (Fsp3) is 0.174. The van der Waals surface area contributed by atoms with Gasteiger partial charge in [-0.2, -0.15) is 0 Å². The Morgan fingerprint density at radius 3 is 2.32 bits per heavy atom. The highest BCUT2D eigenvalue weighted by molar-refractivity contribution is 5.97. The molecular formula is C23H24N2O3. The van der Waals surface area contributed by atoms with Crippen molar-refractivity contribution in [1.82, 2.24) is 0 Å². The second-order valence-corrected chi connectivity index (χ2v) is 6.35. The molecule has 0 spiro atoms. The molecule has 28 heavy (non-hydrogen) atoms. The molecule has 144 valence electrons. The van der Waals surface area contributed by atoms with Gasteiger partial charge in [-0.15, -0.1) is 0 Å². The molecule has 0 heterocycles. The molecule has 5 nitrogen and oxygen atoms in total. The Kier molecular flexibility index (Phi) is 6.52. The number of hydrogen-bond donors (Lipinski definition) is 2. The van der Waals surface area contributed by atoms with Crippen LogP contribution < -0.4 is 20.1 Å². The zero-order valence-electron chi connectivity index (χ0n) is 16.0. The van der Waals surface area contributed by atoms with E-state index in [2.05, 4.69) is 10.6 Å². The van der Waals surface area contributed by atoms with E-state index in [0.717, 1.165) is 17.0 Å². The number of benzene rings is 3. The molecule has 0 aliphatic heterocycles. The summed E-state index contributed by atoms with van der Waals surface area (Å²) in [4.78, 5) is 12.5. The van der Waals surface area contributed by atoms with E-state index in [4.69, 9.17) is 9.47 Å². The second kappa shape index (κ2) is 9.46. The average Bonchev–Trinajstić information content (AvgIpc) is 2.74. The van der Waals surface area contributed by atoms with E-state index >= 15 is 0 Å². The smallest absolute Gasteiger partial charge is 0.246 e.